The van der Waals surface area contributed by atoms with Gasteiger partial charge in [0.1, 0.15) is 5.75 Å². The van der Waals surface area contributed by atoms with Gasteiger partial charge in [-0.1, -0.05) is 36.9 Å². The molecular weight excluding hydrogens is 470 g/mol. The van der Waals surface area contributed by atoms with Gasteiger partial charge in [-0.05, 0) is 44.0 Å². The monoisotopic (exact) mass is 495 g/mol. The van der Waals surface area contributed by atoms with Gasteiger partial charge in [0.15, 0.2) is 0 Å². The zero-order chi connectivity index (χ0) is 24.2. The molecule has 0 bridgehead atoms. The number of sulfonamides is 1. The summed E-state index contributed by atoms with van der Waals surface area (Å²) >= 11 is 6.15. The predicted octanol–water partition coefficient (Wildman–Crippen LogP) is 4.53. The molecule has 0 spiro atoms. The third kappa shape index (κ3) is 5.63. The average molecular weight is 496 g/mol. The first-order valence-corrected chi connectivity index (χ1v) is 12.4. The number of hydrogen-bond donors (Lipinski definition) is 1. The van der Waals surface area contributed by atoms with Crippen LogP contribution in [-0.2, 0) is 14.8 Å². The van der Waals surface area contributed by atoms with Crippen LogP contribution < -0.4 is 10.1 Å². The van der Waals surface area contributed by atoms with Crippen LogP contribution in [0.15, 0.2) is 41.3 Å². The van der Waals surface area contributed by atoms with Crippen LogP contribution in [0.25, 0.3) is 0 Å². The number of nitrogens with zero attached hydrogens (tertiary/aromatic N) is 2. The minimum atomic E-state index is -4.04. The first kappa shape index (κ1) is 24.9. The van der Waals surface area contributed by atoms with Crippen molar-refractivity contribution in [1.82, 2.24) is 4.31 Å². The largest absolute Gasteiger partial charge is 0.495 e. The predicted molar refractivity (Wildman–Crippen MR) is 125 cm³/mol. The molecule has 0 unspecified atom stereocenters. The number of ether oxygens (including phenoxy) is 1. The average Bonchev–Trinajstić information content (AvgIpc) is 2.79. The molecule has 1 N–H and O–H groups in total. The lowest BCUT2D eigenvalue weighted by atomic mass is 9.95. The van der Waals surface area contributed by atoms with Crippen molar-refractivity contribution in [2.75, 3.05) is 19.0 Å². The highest BCUT2D eigenvalue weighted by molar-refractivity contribution is 7.89. The number of anilines is 1. The Bertz CT molecular complexity index is 1150. The molecule has 0 aromatic heterocycles. The van der Waals surface area contributed by atoms with Crippen LogP contribution >= 0.6 is 11.6 Å². The second-order valence-corrected chi connectivity index (χ2v) is 10.2. The Kier molecular flexibility index (Phi) is 7.93. The van der Waals surface area contributed by atoms with E-state index in [1.807, 2.05) is 0 Å². The van der Waals surface area contributed by atoms with Gasteiger partial charge in [0.25, 0.3) is 5.69 Å². The summed E-state index contributed by atoms with van der Waals surface area (Å²) in [6, 6.07) is 8.21. The maximum atomic E-state index is 13.5. The van der Waals surface area contributed by atoms with Gasteiger partial charge in [0.05, 0.1) is 39.7 Å². The van der Waals surface area contributed by atoms with Crippen LogP contribution in [0.1, 0.15) is 37.7 Å². The smallest absolute Gasteiger partial charge is 0.274 e. The number of nitrogens with one attached hydrogen (secondary N) is 1. The number of carbonyl (C=O) groups is 1. The molecule has 0 atom stereocenters. The molecule has 1 aliphatic rings. The van der Waals surface area contributed by atoms with Crippen molar-refractivity contribution < 1.29 is 22.9 Å². The minimum Gasteiger partial charge on any atom is -0.495 e. The van der Waals surface area contributed by atoms with Crippen molar-refractivity contribution in [1.29, 1.82) is 0 Å². The summed E-state index contributed by atoms with van der Waals surface area (Å²) in [5.74, 6) is -0.230. The van der Waals surface area contributed by atoms with Crippen molar-refractivity contribution >= 4 is 38.9 Å². The van der Waals surface area contributed by atoms with Crippen LogP contribution in [0.2, 0.25) is 5.02 Å². The Labute approximate surface area is 197 Å². The summed E-state index contributed by atoms with van der Waals surface area (Å²) in [5, 5.41) is 14.0. The maximum absolute atomic E-state index is 13.5. The molecule has 0 heterocycles. The van der Waals surface area contributed by atoms with E-state index in [1.54, 1.807) is 6.07 Å². The maximum Gasteiger partial charge on any atom is 0.274 e. The lowest BCUT2D eigenvalue weighted by molar-refractivity contribution is -0.385. The van der Waals surface area contributed by atoms with Crippen LogP contribution in [0, 0.1) is 17.0 Å². The number of rotatable bonds is 8. The Morgan fingerprint density at radius 1 is 1.24 bits per heavy atom. The summed E-state index contributed by atoms with van der Waals surface area (Å²) in [6.07, 6.45) is 4.04. The molecule has 0 aliphatic heterocycles. The lowest BCUT2D eigenvalue weighted by Gasteiger charge is -2.33. The standard InChI is InChI=1S/C22H26ClN3O6S/c1-15-19(9-6-10-20(15)26(28)29)24-22(27)14-25(16-7-4-3-5-8-16)33(30,31)17-11-12-21(32-2)18(23)13-17/h6,9-13,16H,3-5,7-8,14H2,1-2H3,(H,24,27). The van der Waals surface area contributed by atoms with Gasteiger partial charge in [-0.2, -0.15) is 4.31 Å². The van der Waals surface area contributed by atoms with E-state index in [-0.39, 0.29) is 27.3 Å². The van der Waals surface area contributed by atoms with E-state index >= 15 is 0 Å². The molecule has 33 heavy (non-hydrogen) atoms. The third-order valence-corrected chi connectivity index (χ3v) is 7.98. The molecule has 0 radical (unpaired) electrons. The Balaban J connectivity index is 1.90. The normalized spacial score (nSPS) is 14.8. The minimum absolute atomic E-state index is 0.0294. The summed E-state index contributed by atoms with van der Waals surface area (Å²) in [7, 11) is -2.61. The van der Waals surface area contributed by atoms with Crippen molar-refractivity contribution in [2.45, 2.75) is 50.0 Å². The van der Waals surface area contributed by atoms with Gasteiger partial charge in [-0.15, -0.1) is 0 Å². The number of amides is 1. The van der Waals surface area contributed by atoms with E-state index in [2.05, 4.69) is 5.32 Å². The van der Waals surface area contributed by atoms with Gasteiger partial charge < -0.3 is 10.1 Å². The molecule has 1 amide bonds. The van der Waals surface area contributed by atoms with E-state index < -0.39 is 27.4 Å². The lowest BCUT2D eigenvalue weighted by Crippen LogP contribution is -2.45. The van der Waals surface area contributed by atoms with Gasteiger partial charge >= 0.3 is 0 Å². The number of nitro groups is 1. The molecule has 1 aliphatic carbocycles. The molecule has 178 valence electrons. The molecule has 2 aromatic rings. The fourth-order valence-corrected chi connectivity index (χ4v) is 6.00. The molecule has 9 nitrogen and oxygen atoms in total. The Morgan fingerprint density at radius 2 is 1.94 bits per heavy atom. The van der Waals surface area contributed by atoms with E-state index in [1.165, 1.54) is 48.7 Å². The Morgan fingerprint density at radius 3 is 2.55 bits per heavy atom. The number of hydrogen-bond acceptors (Lipinski definition) is 6. The van der Waals surface area contributed by atoms with Gasteiger partial charge in [0.2, 0.25) is 15.9 Å². The first-order valence-electron chi connectivity index (χ1n) is 10.5. The fraction of sp³-hybridized carbons (Fsp3) is 0.409. The second kappa shape index (κ2) is 10.5. The number of benzene rings is 2. The molecule has 1 saturated carbocycles. The number of carbonyl (C=O) groups excluding carboxylic acids is 1. The highest BCUT2D eigenvalue weighted by atomic mass is 35.5. The van der Waals surface area contributed by atoms with E-state index in [9.17, 15) is 23.3 Å². The second-order valence-electron chi connectivity index (χ2n) is 7.89. The third-order valence-electron chi connectivity index (χ3n) is 5.79. The van der Waals surface area contributed by atoms with Crippen LogP contribution in [-0.4, -0.2) is 43.2 Å². The number of nitro benzene ring substituents is 1. The Hall–Kier alpha value is -2.69. The highest BCUT2D eigenvalue weighted by Gasteiger charge is 2.34. The SMILES string of the molecule is COc1ccc(S(=O)(=O)N(CC(=O)Nc2cccc([N+](=O)[O-])c2C)C2CCCCC2)cc1Cl. The van der Waals surface area contributed by atoms with Gasteiger partial charge in [0, 0.05) is 12.1 Å². The summed E-state index contributed by atoms with van der Waals surface area (Å²) in [4.78, 5) is 23.5. The topological polar surface area (TPSA) is 119 Å². The summed E-state index contributed by atoms with van der Waals surface area (Å²) in [5.41, 5.74) is 0.435. The van der Waals surface area contributed by atoms with Crippen LogP contribution in [0.5, 0.6) is 5.75 Å². The van der Waals surface area contributed by atoms with Crippen LogP contribution in [0.3, 0.4) is 0 Å². The van der Waals surface area contributed by atoms with E-state index in [0.29, 0.717) is 24.2 Å². The zero-order valence-electron chi connectivity index (χ0n) is 18.4. The highest BCUT2D eigenvalue weighted by Crippen LogP contribution is 2.32. The molecule has 0 saturated heterocycles. The first-order chi connectivity index (χ1) is 15.6. The van der Waals surface area contributed by atoms with Crippen molar-refractivity contribution in [3.05, 3.63) is 57.1 Å². The zero-order valence-corrected chi connectivity index (χ0v) is 20.0. The van der Waals surface area contributed by atoms with Crippen molar-refractivity contribution in [3.8, 4) is 5.75 Å². The fourth-order valence-electron chi connectivity index (χ4n) is 4.01. The molecule has 3 rings (SSSR count). The van der Waals surface area contributed by atoms with E-state index in [4.69, 9.17) is 16.3 Å². The summed E-state index contributed by atoms with van der Waals surface area (Å²) < 4.78 is 33.4. The van der Waals surface area contributed by atoms with Gasteiger partial charge in [-0.3, -0.25) is 14.9 Å². The number of methoxy groups -OCH3 is 1. The molecule has 1 fully saturated rings. The van der Waals surface area contributed by atoms with Crippen molar-refractivity contribution in [3.63, 3.8) is 0 Å². The quantitative estimate of drug-likeness (QED) is 0.424. The summed E-state index contributed by atoms with van der Waals surface area (Å²) in [6.45, 7) is 1.11. The van der Waals surface area contributed by atoms with E-state index in [0.717, 1.165) is 19.3 Å². The molecular formula is C22H26ClN3O6S. The molecule has 11 heteroatoms. The van der Waals surface area contributed by atoms with Gasteiger partial charge in [-0.25, -0.2) is 8.42 Å². The molecule has 2 aromatic carbocycles. The van der Waals surface area contributed by atoms with Crippen molar-refractivity contribution in [2.24, 2.45) is 0 Å². The number of halogens is 1. The van der Waals surface area contributed by atoms with Crippen LogP contribution in [0.4, 0.5) is 11.4 Å².